The zero-order chi connectivity index (χ0) is 18.1. The fraction of sp³-hybridized carbons (Fsp3) is 0.450. The van der Waals surface area contributed by atoms with Crippen LogP contribution in [0.3, 0.4) is 0 Å². The number of fused-ring (bicyclic) bond motifs is 1. The normalized spacial score (nSPS) is 15.9. The van der Waals surface area contributed by atoms with E-state index in [1.54, 1.807) is 6.33 Å². The fourth-order valence-corrected chi connectivity index (χ4v) is 3.68. The van der Waals surface area contributed by atoms with Gasteiger partial charge in [0.15, 0.2) is 0 Å². The quantitative estimate of drug-likeness (QED) is 0.784. The molecule has 3 heterocycles. The Kier molecular flexibility index (Phi) is 4.49. The Morgan fingerprint density at radius 2 is 2.04 bits per heavy atom. The summed E-state index contributed by atoms with van der Waals surface area (Å²) in [5, 5.41) is 7.60. The summed E-state index contributed by atoms with van der Waals surface area (Å²) >= 11 is 0. The van der Waals surface area contributed by atoms with E-state index in [1.165, 1.54) is 5.69 Å². The number of carbonyl (C=O) groups excluding carboxylic acids is 1. The topological polar surface area (TPSA) is 66.8 Å². The van der Waals surface area contributed by atoms with Gasteiger partial charge in [-0.2, -0.15) is 5.10 Å². The lowest BCUT2D eigenvalue weighted by molar-refractivity contribution is -0.132. The smallest absolute Gasteiger partial charge is 0.242 e. The molecule has 1 fully saturated rings. The number of aromatic amines is 1. The largest absolute Gasteiger partial charge is 0.341 e. The van der Waals surface area contributed by atoms with Gasteiger partial charge in [-0.15, -0.1) is 0 Å². The molecule has 0 saturated carbocycles. The van der Waals surface area contributed by atoms with Crippen LogP contribution in [-0.2, 0) is 11.3 Å². The molecule has 6 heteroatoms. The highest BCUT2D eigenvalue weighted by Gasteiger charge is 2.25. The Morgan fingerprint density at radius 1 is 1.27 bits per heavy atom. The number of imidazole rings is 1. The van der Waals surface area contributed by atoms with Crippen molar-refractivity contribution in [1.29, 1.82) is 0 Å². The Morgan fingerprint density at radius 3 is 2.77 bits per heavy atom. The zero-order valence-corrected chi connectivity index (χ0v) is 15.4. The number of hydrogen-bond acceptors (Lipinski definition) is 3. The Balaban J connectivity index is 1.37. The summed E-state index contributed by atoms with van der Waals surface area (Å²) in [7, 11) is 0. The van der Waals surface area contributed by atoms with Crippen molar-refractivity contribution < 1.29 is 4.79 Å². The second-order valence-electron chi connectivity index (χ2n) is 7.42. The van der Waals surface area contributed by atoms with Gasteiger partial charge < -0.3 is 9.47 Å². The molecule has 1 N–H and O–H groups in total. The minimum absolute atomic E-state index is 0.166. The van der Waals surface area contributed by atoms with Gasteiger partial charge >= 0.3 is 0 Å². The number of likely N-dealkylation sites (tertiary alicyclic amines) is 1. The third kappa shape index (κ3) is 3.23. The molecule has 1 aliphatic rings. The van der Waals surface area contributed by atoms with Crippen molar-refractivity contribution in [3.05, 3.63) is 48.0 Å². The average Bonchev–Trinajstić information content (AvgIpc) is 3.30. The molecule has 1 aromatic carbocycles. The van der Waals surface area contributed by atoms with Gasteiger partial charge in [0.25, 0.3) is 0 Å². The third-order valence-electron chi connectivity index (χ3n) is 5.33. The number of aromatic nitrogens is 4. The molecule has 0 atom stereocenters. The summed E-state index contributed by atoms with van der Waals surface area (Å²) in [6.45, 7) is 6.26. The molecule has 3 aromatic rings. The van der Waals surface area contributed by atoms with Crippen molar-refractivity contribution in [3.63, 3.8) is 0 Å². The van der Waals surface area contributed by atoms with Crippen LogP contribution in [0, 0.1) is 0 Å². The van der Waals surface area contributed by atoms with Crippen molar-refractivity contribution in [2.24, 2.45) is 0 Å². The first-order chi connectivity index (χ1) is 12.6. The molecule has 1 saturated heterocycles. The van der Waals surface area contributed by atoms with Gasteiger partial charge in [-0.1, -0.05) is 26.0 Å². The van der Waals surface area contributed by atoms with Gasteiger partial charge in [0.1, 0.15) is 6.54 Å². The Bertz CT molecular complexity index is 902. The van der Waals surface area contributed by atoms with Crippen LogP contribution in [0.5, 0.6) is 0 Å². The predicted molar refractivity (Wildman–Crippen MR) is 101 cm³/mol. The summed E-state index contributed by atoms with van der Waals surface area (Å²) in [5.41, 5.74) is 4.26. The lowest BCUT2D eigenvalue weighted by Crippen LogP contribution is -2.39. The number of nitrogens with one attached hydrogen (secondary N) is 1. The first-order valence-corrected chi connectivity index (χ1v) is 9.34. The van der Waals surface area contributed by atoms with E-state index >= 15 is 0 Å². The predicted octanol–water partition coefficient (Wildman–Crippen LogP) is 3.29. The van der Waals surface area contributed by atoms with Gasteiger partial charge in [-0.25, -0.2) is 4.98 Å². The van der Waals surface area contributed by atoms with E-state index in [1.807, 2.05) is 33.7 Å². The molecule has 1 amide bonds. The maximum Gasteiger partial charge on any atom is 0.242 e. The summed E-state index contributed by atoms with van der Waals surface area (Å²) in [4.78, 5) is 19.0. The second-order valence-corrected chi connectivity index (χ2v) is 7.42. The summed E-state index contributed by atoms with van der Waals surface area (Å²) in [5.74, 6) is 1.07. The minimum Gasteiger partial charge on any atom is -0.341 e. The molecule has 0 aliphatic carbocycles. The van der Waals surface area contributed by atoms with E-state index < -0.39 is 0 Å². The van der Waals surface area contributed by atoms with E-state index in [-0.39, 0.29) is 5.91 Å². The maximum atomic E-state index is 12.7. The number of hydrogen-bond donors (Lipinski definition) is 1. The SMILES string of the molecule is CC(C)c1cc(C2CCN(C(=O)Cn3cnc4ccccc43)CC2)[nH]n1. The monoisotopic (exact) mass is 351 g/mol. The van der Waals surface area contributed by atoms with E-state index in [2.05, 4.69) is 35.1 Å². The first-order valence-electron chi connectivity index (χ1n) is 9.34. The fourth-order valence-electron chi connectivity index (χ4n) is 3.68. The van der Waals surface area contributed by atoms with Gasteiger partial charge in [0.05, 0.1) is 23.1 Å². The maximum absolute atomic E-state index is 12.7. The van der Waals surface area contributed by atoms with Crippen LogP contribution < -0.4 is 0 Å². The highest BCUT2D eigenvalue weighted by atomic mass is 16.2. The van der Waals surface area contributed by atoms with Crippen LogP contribution in [0.15, 0.2) is 36.7 Å². The highest BCUT2D eigenvalue weighted by molar-refractivity contribution is 5.80. The number of nitrogens with zero attached hydrogens (tertiary/aromatic N) is 4. The second kappa shape index (κ2) is 6.94. The van der Waals surface area contributed by atoms with Gasteiger partial charge in [0.2, 0.25) is 5.91 Å². The zero-order valence-electron chi connectivity index (χ0n) is 15.4. The van der Waals surface area contributed by atoms with Crippen LogP contribution >= 0.6 is 0 Å². The van der Waals surface area contributed by atoms with Crippen molar-refractivity contribution in [2.75, 3.05) is 13.1 Å². The van der Waals surface area contributed by atoms with Crippen molar-refractivity contribution in [2.45, 2.75) is 45.1 Å². The number of amides is 1. The molecule has 2 aromatic heterocycles. The molecular weight excluding hydrogens is 326 g/mol. The van der Waals surface area contributed by atoms with Crippen LogP contribution in [0.25, 0.3) is 11.0 Å². The number of piperidine rings is 1. The number of carbonyl (C=O) groups is 1. The Hall–Kier alpha value is -2.63. The summed E-state index contributed by atoms with van der Waals surface area (Å²) < 4.78 is 1.94. The molecule has 1 aliphatic heterocycles. The van der Waals surface area contributed by atoms with Crippen LogP contribution in [0.4, 0.5) is 0 Å². The van der Waals surface area contributed by atoms with Gasteiger partial charge in [0, 0.05) is 24.7 Å². The van der Waals surface area contributed by atoms with Crippen molar-refractivity contribution in [1.82, 2.24) is 24.6 Å². The van der Waals surface area contributed by atoms with E-state index in [0.29, 0.717) is 18.4 Å². The van der Waals surface area contributed by atoms with Gasteiger partial charge in [-0.3, -0.25) is 9.89 Å². The van der Waals surface area contributed by atoms with Crippen LogP contribution in [0.1, 0.15) is 49.9 Å². The molecule has 0 bridgehead atoms. The van der Waals surface area contributed by atoms with Crippen LogP contribution in [-0.4, -0.2) is 43.6 Å². The Labute approximate surface area is 153 Å². The molecule has 4 rings (SSSR count). The standard InChI is InChI=1S/C20H25N5O/c1-14(2)17-11-18(23-22-17)15-7-9-24(10-8-15)20(26)12-25-13-21-16-5-3-4-6-19(16)25/h3-6,11,13-15H,7-10,12H2,1-2H3,(H,22,23). The van der Waals surface area contributed by atoms with Gasteiger partial charge in [-0.05, 0) is 37.0 Å². The average molecular weight is 351 g/mol. The molecule has 6 nitrogen and oxygen atoms in total. The molecule has 26 heavy (non-hydrogen) atoms. The molecule has 0 radical (unpaired) electrons. The summed E-state index contributed by atoms with van der Waals surface area (Å²) in [6.07, 6.45) is 3.72. The molecule has 136 valence electrons. The number of rotatable bonds is 4. The van der Waals surface area contributed by atoms with E-state index in [0.717, 1.165) is 42.7 Å². The number of H-pyrrole nitrogens is 1. The summed E-state index contributed by atoms with van der Waals surface area (Å²) in [6, 6.07) is 10.1. The molecule has 0 spiro atoms. The molecular formula is C20H25N5O. The first kappa shape index (κ1) is 16.8. The lowest BCUT2D eigenvalue weighted by atomic mass is 9.93. The van der Waals surface area contributed by atoms with E-state index in [4.69, 9.17) is 0 Å². The minimum atomic E-state index is 0.166. The van der Waals surface area contributed by atoms with Crippen LogP contribution in [0.2, 0.25) is 0 Å². The third-order valence-corrected chi connectivity index (χ3v) is 5.33. The number of benzene rings is 1. The van der Waals surface area contributed by atoms with Crippen molar-refractivity contribution in [3.8, 4) is 0 Å². The van der Waals surface area contributed by atoms with Crippen molar-refractivity contribution >= 4 is 16.9 Å². The highest BCUT2D eigenvalue weighted by Crippen LogP contribution is 2.28. The lowest BCUT2D eigenvalue weighted by Gasteiger charge is -2.31. The van der Waals surface area contributed by atoms with E-state index in [9.17, 15) is 4.79 Å². The number of para-hydroxylation sites is 2. The molecule has 0 unspecified atom stereocenters.